The fourth-order valence-corrected chi connectivity index (χ4v) is 4.93. The number of carbonyl (C=O) groups is 2. The number of Topliss-reactive ketones (excluding diaryl/α,β-unsaturated/α-hetero) is 1. The summed E-state index contributed by atoms with van der Waals surface area (Å²) in [6, 6.07) is 14.6. The Morgan fingerprint density at radius 3 is 2.47 bits per heavy atom. The Morgan fingerprint density at radius 2 is 1.76 bits per heavy atom. The molecule has 4 aromatic rings. The zero-order chi connectivity index (χ0) is 24.0. The van der Waals surface area contributed by atoms with Crippen molar-refractivity contribution in [2.75, 3.05) is 12.0 Å². The smallest absolute Gasteiger partial charge is 0.301 e. The molecule has 9 heteroatoms. The van der Waals surface area contributed by atoms with Gasteiger partial charge in [0.15, 0.2) is 5.13 Å². The number of amides is 1. The van der Waals surface area contributed by atoms with Gasteiger partial charge in [-0.15, -0.1) is 0 Å². The van der Waals surface area contributed by atoms with Gasteiger partial charge in [0, 0.05) is 5.56 Å². The third-order valence-corrected chi connectivity index (χ3v) is 6.54. The molecule has 1 saturated heterocycles. The minimum Gasteiger partial charge on any atom is -0.507 e. The van der Waals surface area contributed by atoms with Crippen LogP contribution in [-0.2, 0) is 9.59 Å². The monoisotopic (exact) mass is 478 g/mol. The molecular formula is C25H16F2N2O4S. The van der Waals surface area contributed by atoms with E-state index in [2.05, 4.69) is 4.98 Å². The quantitative estimate of drug-likeness (QED) is 0.248. The third kappa shape index (κ3) is 3.60. The Morgan fingerprint density at radius 1 is 1.03 bits per heavy atom. The fraction of sp³-hybridized carbons (Fsp3) is 0.0800. The summed E-state index contributed by atoms with van der Waals surface area (Å²) < 4.78 is 33.5. The van der Waals surface area contributed by atoms with Gasteiger partial charge in [-0.3, -0.25) is 14.5 Å². The van der Waals surface area contributed by atoms with Crippen LogP contribution in [0, 0.1) is 11.6 Å². The van der Waals surface area contributed by atoms with Crippen molar-refractivity contribution in [3.63, 3.8) is 0 Å². The lowest BCUT2D eigenvalue weighted by molar-refractivity contribution is -0.132. The van der Waals surface area contributed by atoms with Gasteiger partial charge >= 0.3 is 5.91 Å². The zero-order valence-corrected chi connectivity index (χ0v) is 18.5. The lowest BCUT2D eigenvalue weighted by atomic mass is 9.95. The van der Waals surface area contributed by atoms with E-state index >= 15 is 0 Å². The fourth-order valence-electron chi connectivity index (χ4n) is 3.92. The van der Waals surface area contributed by atoms with E-state index in [1.807, 2.05) is 0 Å². The lowest BCUT2D eigenvalue weighted by Crippen LogP contribution is -2.29. The molecule has 0 saturated carbocycles. The molecule has 1 aliphatic heterocycles. The van der Waals surface area contributed by atoms with Gasteiger partial charge < -0.3 is 9.84 Å². The minimum atomic E-state index is -1.14. The maximum Gasteiger partial charge on any atom is 0.301 e. The number of nitrogens with zero attached hydrogens (tertiary/aromatic N) is 2. The van der Waals surface area contributed by atoms with E-state index < -0.39 is 35.1 Å². The van der Waals surface area contributed by atoms with Crippen molar-refractivity contribution in [1.82, 2.24) is 4.98 Å². The van der Waals surface area contributed by atoms with Gasteiger partial charge in [0.25, 0.3) is 5.78 Å². The molecule has 0 spiro atoms. The van der Waals surface area contributed by atoms with Gasteiger partial charge in [-0.1, -0.05) is 23.5 Å². The molecule has 0 unspecified atom stereocenters. The Hall–Kier alpha value is -4.11. The molecule has 3 aromatic carbocycles. The first-order valence-corrected chi connectivity index (χ1v) is 11.0. The number of aliphatic hydroxyl groups is 1. The molecule has 5 rings (SSSR count). The molecule has 6 nitrogen and oxygen atoms in total. The van der Waals surface area contributed by atoms with E-state index in [0.29, 0.717) is 16.0 Å². The first-order chi connectivity index (χ1) is 16.4. The molecule has 2 heterocycles. The van der Waals surface area contributed by atoms with E-state index in [1.165, 1.54) is 43.5 Å². The summed E-state index contributed by atoms with van der Waals surface area (Å²) in [5.74, 6) is -2.77. The predicted molar refractivity (Wildman–Crippen MR) is 124 cm³/mol. The SMILES string of the molecule is COc1ccc(/C(O)=C2\C(=O)C(=O)N(c3nc4ccc(F)cc4s3)[C@@H]2c2cccc(F)c2)cc1. The van der Waals surface area contributed by atoms with Crippen LogP contribution in [0.5, 0.6) is 5.75 Å². The lowest BCUT2D eigenvalue weighted by Gasteiger charge is -2.23. The first kappa shape index (κ1) is 21.7. The highest BCUT2D eigenvalue weighted by molar-refractivity contribution is 7.22. The highest BCUT2D eigenvalue weighted by Crippen LogP contribution is 2.44. The van der Waals surface area contributed by atoms with Crippen molar-refractivity contribution in [2.45, 2.75) is 6.04 Å². The number of fused-ring (bicyclic) bond motifs is 1. The van der Waals surface area contributed by atoms with Crippen LogP contribution in [0.2, 0.25) is 0 Å². The van der Waals surface area contributed by atoms with Crippen molar-refractivity contribution in [1.29, 1.82) is 0 Å². The maximum atomic E-state index is 14.2. The molecule has 0 bridgehead atoms. The summed E-state index contributed by atoms with van der Waals surface area (Å²) >= 11 is 1.02. The topological polar surface area (TPSA) is 79.7 Å². The Labute approximate surface area is 196 Å². The second kappa shape index (κ2) is 8.35. The van der Waals surface area contributed by atoms with Crippen LogP contribution < -0.4 is 9.64 Å². The molecular weight excluding hydrogens is 462 g/mol. The number of ether oxygens (including phenoxy) is 1. The molecule has 1 aliphatic rings. The Kier molecular flexibility index (Phi) is 5.33. The van der Waals surface area contributed by atoms with Crippen molar-refractivity contribution in [3.05, 3.63) is 95.1 Å². The standard InChI is InChI=1S/C25H16F2N2O4S/c1-33-17-8-5-13(6-9-17)22(30)20-21(14-3-2-4-15(26)11-14)29(24(32)23(20)31)25-28-18-10-7-16(27)12-19(18)34-25/h2-12,21,30H,1H3/b22-20+/t21-/m1/s1. The van der Waals surface area contributed by atoms with Gasteiger partial charge in [0.05, 0.1) is 28.9 Å². The number of rotatable bonds is 4. The summed E-state index contributed by atoms with van der Waals surface area (Å²) in [4.78, 5) is 31.8. The molecule has 0 aliphatic carbocycles. The van der Waals surface area contributed by atoms with Crippen LogP contribution in [0.15, 0.2) is 72.3 Å². The minimum absolute atomic E-state index is 0.130. The van der Waals surface area contributed by atoms with E-state index in [0.717, 1.165) is 16.2 Å². The van der Waals surface area contributed by atoms with Crippen LogP contribution in [0.4, 0.5) is 13.9 Å². The van der Waals surface area contributed by atoms with Crippen molar-refractivity contribution in [2.24, 2.45) is 0 Å². The van der Waals surface area contributed by atoms with Gasteiger partial charge in [0.1, 0.15) is 23.1 Å². The van der Waals surface area contributed by atoms with Gasteiger partial charge in [-0.25, -0.2) is 13.8 Å². The summed E-state index contributed by atoms with van der Waals surface area (Å²) in [5.41, 5.74) is 0.800. The molecule has 1 fully saturated rings. The van der Waals surface area contributed by atoms with E-state index in [-0.39, 0.29) is 21.8 Å². The highest BCUT2D eigenvalue weighted by Gasteiger charge is 2.48. The summed E-state index contributed by atoms with van der Waals surface area (Å²) in [6.07, 6.45) is 0. The number of thiazole rings is 1. The maximum absolute atomic E-state index is 14.2. The Bertz CT molecular complexity index is 1480. The van der Waals surface area contributed by atoms with Gasteiger partial charge in [-0.05, 0) is 60.2 Å². The summed E-state index contributed by atoms with van der Waals surface area (Å²) in [7, 11) is 1.49. The first-order valence-electron chi connectivity index (χ1n) is 10.1. The largest absolute Gasteiger partial charge is 0.507 e. The van der Waals surface area contributed by atoms with Crippen LogP contribution >= 0.6 is 11.3 Å². The van der Waals surface area contributed by atoms with Gasteiger partial charge in [-0.2, -0.15) is 0 Å². The van der Waals surface area contributed by atoms with E-state index in [4.69, 9.17) is 4.74 Å². The van der Waals surface area contributed by atoms with E-state index in [1.54, 1.807) is 30.3 Å². The van der Waals surface area contributed by atoms with Crippen molar-refractivity contribution < 1.29 is 28.2 Å². The number of methoxy groups -OCH3 is 1. The summed E-state index contributed by atoms with van der Waals surface area (Å²) in [6.45, 7) is 0. The number of halogens is 2. The molecule has 0 radical (unpaired) electrons. The average molecular weight is 478 g/mol. The summed E-state index contributed by atoms with van der Waals surface area (Å²) in [5, 5.41) is 11.2. The number of hydrogen-bond donors (Lipinski definition) is 1. The second-order valence-electron chi connectivity index (χ2n) is 7.56. The molecule has 170 valence electrons. The number of aromatic nitrogens is 1. The van der Waals surface area contributed by atoms with Gasteiger partial charge in [0.2, 0.25) is 0 Å². The van der Waals surface area contributed by atoms with E-state index in [9.17, 15) is 23.5 Å². The number of benzene rings is 3. The van der Waals surface area contributed by atoms with Crippen molar-refractivity contribution >= 4 is 44.1 Å². The molecule has 1 amide bonds. The number of carbonyl (C=O) groups excluding carboxylic acids is 2. The third-order valence-electron chi connectivity index (χ3n) is 5.52. The number of anilines is 1. The molecule has 34 heavy (non-hydrogen) atoms. The van der Waals surface area contributed by atoms with Crippen molar-refractivity contribution in [3.8, 4) is 5.75 Å². The normalized spacial score (nSPS) is 17.5. The average Bonchev–Trinajstić information content (AvgIpc) is 3.36. The zero-order valence-electron chi connectivity index (χ0n) is 17.7. The molecule has 1 atom stereocenters. The highest BCUT2D eigenvalue weighted by atomic mass is 32.1. The van der Waals surface area contributed by atoms with Crippen LogP contribution in [0.3, 0.4) is 0 Å². The second-order valence-corrected chi connectivity index (χ2v) is 8.57. The van der Waals surface area contributed by atoms with Crippen LogP contribution in [0.25, 0.3) is 16.0 Å². The number of aliphatic hydroxyl groups excluding tert-OH is 1. The molecule has 1 aromatic heterocycles. The van der Waals surface area contributed by atoms with Crippen LogP contribution in [0.1, 0.15) is 17.2 Å². The van der Waals surface area contributed by atoms with Crippen LogP contribution in [-0.4, -0.2) is 28.9 Å². The molecule has 1 N–H and O–H groups in total. The predicted octanol–water partition coefficient (Wildman–Crippen LogP) is 5.21. The Balaban J connectivity index is 1.72. The number of ketones is 1. The number of hydrogen-bond acceptors (Lipinski definition) is 6.